The van der Waals surface area contributed by atoms with Crippen LogP contribution in [0.3, 0.4) is 0 Å². The van der Waals surface area contributed by atoms with E-state index in [1.54, 1.807) is 6.92 Å². The van der Waals surface area contributed by atoms with Crippen molar-refractivity contribution in [2.75, 3.05) is 40.0 Å². The van der Waals surface area contributed by atoms with Gasteiger partial charge in [-0.3, -0.25) is 4.90 Å². The second kappa shape index (κ2) is 5.95. The fourth-order valence-corrected chi connectivity index (χ4v) is 1.42. The molecule has 1 aliphatic heterocycles. The number of carbonyl (C=O) groups excluding carboxylic acids is 1. The highest BCUT2D eigenvalue weighted by Gasteiger charge is 2.28. The Balaban J connectivity index is 2.46. The molecule has 14 heavy (non-hydrogen) atoms. The molecule has 82 valence electrons. The van der Waals surface area contributed by atoms with Gasteiger partial charge in [0.05, 0.1) is 19.8 Å². The van der Waals surface area contributed by atoms with Crippen molar-refractivity contribution in [2.45, 2.75) is 13.2 Å². The van der Waals surface area contributed by atoms with Crippen LogP contribution in [0.1, 0.15) is 6.92 Å². The lowest BCUT2D eigenvalue weighted by atomic mass is 10.4. The lowest BCUT2D eigenvalue weighted by Crippen LogP contribution is -2.49. The Morgan fingerprint density at radius 1 is 1.50 bits per heavy atom. The number of esters is 1. The zero-order valence-electron chi connectivity index (χ0n) is 8.69. The average molecular weight is 203 g/mol. The SMILES string of the molecule is CCOC(=O)C(OC)N1CCOCC1. The number of hydrogen-bond donors (Lipinski definition) is 0. The van der Waals surface area contributed by atoms with Crippen LogP contribution in [0.25, 0.3) is 0 Å². The van der Waals surface area contributed by atoms with Crippen LogP contribution in [0.5, 0.6) is 0 Å². The number of methoxy groups -OCH3 is 1. The molecule has 0 N–H and O–H groups in total. The van der Waals surface area contributed by atoms with Gasteiger partial charge >= 0.3 is 5.97 Å². The molecule has 0 aromatic rings. The van der Waals surface area contributed by atoms with Crippen molar-refractivity contribution < 1.29 is 19.0 Å². The molecular formula is C9H17NO4. The predicted octanol–water partition coefficient (Wildman–Crippen LogP) is -0.146. The van der Waals surface area contributed by atoms with Crippen molar-refractivity contribution in [3.8, 4) is 0 Å². The number of ether oxygens (including phenoxy) is 3. The van der Waals surface area contributed by atoms with Gasteiger partial charge in [0.15, 0.2) is 0 Å². The monoisotopic (exact) mass is 203 g/mol. The Morgan fingerprint density at radius 2 is 2.14 bits per heavy atom. The molecule has 0 aliphatic carbocycles. The summed E-state index contributed by atoms with van der Waals surface area (Å²) < 4.78 is 15.2. The van der Waals surface area contributed by atoms with Crippen LogP contribution in [-0.4, -0.2) is 57.1 Å². The fourth-order valence-electron chi connectivity index (χ4n) is 1.42. The van der Waals surface area contributed by atoms with Crippen molar-refractivity contribution in [3.05, 3.63) is 0 Å². The average Bonchev–Trinajstić information content (AvgIpc) is 2.21. The number of carbonyl (C=O) groups is 1. The van der Waals surface area contributed by atoms with Gasteiger partial charge in [0.2, 0.25) is 6.23 Å². The first kappa shape index (κ1) is 11.4. The van der Waals surface area contributed by atoms with Crippen molar-refractivity contribution in [1.82, 2.24) is 4.90 Å². The molecule has 0 spiro atoms. The summed E-state index contributed by atoms with van der Waals surface area (Å²) in [6.45, 7) is 4.85. The maximum absolute atomic E-state index is 11.4. The molecular weight excluding hydrogens is 186 g/mol. The maximum atomic E-state index is 11.4. The minimum absolute atomic E-state index is 0.322. The second-order valence-electron chi connectivity index (χ2n) is 2.99. The Labute approximate surface area is 83.9 Å². The van der Waals surface area contributed by atoms with Gasteiger partial charge in [-0.05, 0) is 6.92 Å². The molecule has 0 aromatic carbocycles. The molecule has 1 fully saturated rings. The van der Waals surface area contributed by atoms with Crippen molar-refractivity contribution in [1.29, 1.82) is 0 Å². The minimum atomic E-state index is -0.584. The van der Waals surface area contributed by atoms with Crippen LogP contribution in [0, 0.1) is 0 Å². The van der Waals surface area contributed by atoms with Crippen LogP contribution in [0.4, 0.5) is 0 Å². The van der Waals surface area contributed by atoms with Gasteiger partial charge in [-0.15, -0.1) is 0 Å². The first-order valence-corrected chi connectivity index (χ1v) is 4.80. The number of hydrogen-bond acceptors (Lipinski definition) is 5. The zero-order chi connectivity index (χ0) is 10.4. The first-order chi connectivity index (χ1) is 6.79. The summed E-state index contributed by atoms with van der Waals surface area (Å²) >= 11 is 0. The third kappa shape index (κ3) is 2.94. The molecule has 5 heteroatoms. The normalized spacial score (nSPS) is 20.4. The first-order valence-electron chi connectivity index (χ1n) is 4.80. The van der Waals surface area contributed by atoms with E-state index in [0.29, 0.717) is 32.9 Å². The molecule has 1 rings (SSSR count). The van der Waals surface area contributed by atoms with Gasteiger partial charge in [-0.25, -0.2) is 4.79 Å². The summed E-state index contributed by atoms with van der Waals surface area (Å²) in [4.78, 5) is 13.4. The third-order valence-corrected chi connectivity index (χ3v) is 2.09. The minimum Gasteiger partial charge on any atom is -0.463 e. The summed E-state index contributed by atoms with van der Waals surface area (Å²) in [5, 5.41) is 0. The number of morpholine rings is 1. The van der Waals surface area contributed by atoms with E-state index in [0.717, 1.165) is 0 Å². The highest BCUT2D eigenvalue weighted by molar-refractivity contribution is 5.74. The van der Waals surface area contributed by atoms with E-state index in [9.17, 15) is 4.79 Å². The van der Waals surface area contributed by atoms with E-state index in [1.165, 1.54) is 7.11 Å². The highest BCUT2D eigenvalue weighted by Crippen LogP contribution is 2.06. The van der Waals surface area contributed by atoms with Crippen LogP contribution in [-0.2, 0) is 19.0 Å². The Hall–Kier alpha value is -0.650. The Morgan fingerprint density at radius 3 is 2.64 bits per heavy atom. The summed E-state index contributed by atoms with van der Waals surface area (Å²) in [6, 6.07) is 0. The molecule has 1 heterocycles. The van der Waals surface area contributed by atoms with E-state index in [4.69, 9.17) is 14.2 Å². The van der Waals surface area contributed by atoms with Gasteiger partial charge in [-0.2, -0.15) is 0 Å². The molecule has 0 bridgehead atoms. The quantitative estimate of drug-likeness (QED) is 0.595. The topological polar surface area (TPSA) is 48.0 Å². The fraction of sp³-hybridized carbons (Fsp3) is 0.889. The van der Waals surface area contributed by atoms with Crippen molar-refractivity contribution in [2.24, 2.45) is 0 Å². The highest BCUT2D eigenvalue weighted by atomic mass is 16.6. The van der Waals surface area contributed by atoms with Gasteiger partial charge in [-0.1, -0.05) is 0 Å². The number of nitrogens with zero attached hydrogens (tertiary/aromatic N) is 1. The lowest BCUT2D eigenvalue weighted by Gasteiger charge is -2.31. The summed E-state index contributed by atoms with van der Waals surface area (Å²) in [5.74, 6) is -0.322. The Bertz CT molecular complexity index is 180. The van der Waals surface area contributed by atoms with Crippen LogP contribution in [0.15, 0.2) is 0 Å². The predicted molar refractivity (Wildman–Crippen MR) is 49.8 cm³/mol. The summed E-state index contributed by atoms with van der Waals surface area (Å²) in [7, 11) is 1.51. The molecule has 5 nitrogen and oxygen atoms in total. The van der Waals surface area contributed by atoms with E-state index < -0.39 is 6.23 Å². The van der Waals surface area contributed by atoms with E-state index in [1.807, 2.05) is 4.90 Å². The molecule has 0 radical (unpaired) electrons. The molecule has 1 saturated heterocycles. The van der Waals surface area contributed by atoms with E-state index in [-0.39, 0.29) is 5.97 Å². The van der Waals surface area contributed by atoms with Crippen molar-refractivity contribution >= 4 is 5.97 Å². The van der Waals surface area contributed by atoms with E-state index >= 15 is 0 Å². The third-order valence-electron chi connectivity index (χ3n) is 2.09. The standard InChI is InChI=1S/C9H17NO4/c1-3-14-9(11)8(12-2)10-4-6-13-7-5-10/h8H,3-7H2,1-2H3. The molecule has 0 saturated carbocycles. The summed E-state index contributed by atoms with van der Waals surface area (Å²) in [6.07, 6.45) is -0.584. The largest absolute Gasteiger partial charge is 0.463 e. The number of rotatable bonds is 4. The second-order valence-corrected chi connectivity index (χ2v) is 2.99. The molecule has 0 amide bonds. The maximum Gasteiger partial charge on any atom is 0.350 e. The van der Waals surface area contributed by atoms with Crippen LogP contribution in [0.2, 0.25) is 0 Å². The van der Waals surface area contributed by atoms with Gasteiger partial charge in [0, 0.05) is 20.2 Å². The molecule has 1 atom stereocenters. The van der Waals surface area contributed by atoms with Gasteiger partial charge in [0.1, 0.15) is 0 Å². The van der Waals surface area contributed by atoms with Gasteiger partial charge in [0.25, 0.3) is 0 Å². The smallest absolute Gasteiger partial charge is 0.350 e. The van der Waals surface area contributed by atoms with Gasteiger partial charge < -0.3 is 14.2 Å². The molecule has 1 aliphatic rings. The van der Waals surface area contributed by atoms with Crippen molar-refractivity contribution in [3.63, 3.8) is 0 Å². The zero-order valence-corrected chi connectivity index (χ0v) is 8.69. The van der Waals surface area contributed by atoms with E-state index in [2.05, 4.69) is 0 Å². The molecule has 0 aromatic heterocycles. The Kier molecular flexibility index (Phi) is 4.86. The lowest BCUT2D eigenvalue weighted by molar-refractivity contribution is -0.171. The summed E-state index contributed by atoms with van der Waals surface area (Å²) in [5.41, 5.74) is 0. The van der Waals surface area contributed by atoms with Crippen LogP contribution >= 0.6 is 0 Å². The molecule has 1 unspecified atom stereocenters. The van der Waals surface area contributed by atoms with Crippen LogP contribution < -0.4 is 0 Å².